The van der Waals surface area contributed by atoms with Crippen molar-refractivity contribution in [2.45, 2.75) is 0 Å². The molecule has 1 heterocycles. The number of piperazine rings is 1. The SMILES string of the molecule is CS(=O)(=O)N1CCN(C(=O)c2cc(Br)ccc2I)CC1. The molecule has 0 bridgehead atoms. The van der Waals surface area contributed by atoms with Gasteiger partial charge >= 0.3 is 0 Å². The summed E-state index contributed by atoms with van der Waals surface area (Å²) in [5.41, 5.74) is 0.646. The van der Waals surface area contributed by atoms with Gasteiger partial charge in [-0.25, -0.2) is 8.42 Å². The van der Waals surface area contributed by atoms with Crippen molar-refractivity contribution in [3.63, 3.8) is 0 Å². The molecule has 1 aromatic rings. The predicted molar refractivity (Wildman–Crippen MR) is 89.2 cm³/mol. The Labute approximate surface area is 140 Å². The molecule has 1 aromatic carbocycles. The molecule has 0 aromatic heterocycles. The molecule has 20 heavy (non-hydrogen) atoms. The van der Waals surface area contributed by atoms with Gasteiger partial charge in [-0.2, -0.15) is 4.31 Å². The fraction of sp³-hybridized carbons (Fsp3) is 0.417. The Balaban J connectivity index is 2.11. The lowest BCUT2D eigenvalue weighted by Crippen LogP contribution is -2.50. The van der Waals surface area contributed by atoms with Crippen molar-refractivity contribution < 1.29 is 13.2 Å². The normalized spacial score (nSPS) is 17.2. The molecule has 0 saturated carbocycles. The van der Waals surface area contributed by atoms with Crippen LogP contribution in [0.4, 0.5) is 0 Å². The maximum Gasteiger partial charge on any atom is 0.255 e. The second-order valence-electron chi connectivity index (χ2n) is 4.58. The minimum Gasteiger partial charge on any atom is -0.336 e. The second-order valence-corrected chi connectivity index (χ2v) is 8.64. The molecular formula is C12H14BrIN2O3S. The zero-order valence-electron chi connectivity index (χ0n) is 10.8. The maximum atomic E-state index is 12.5. The summed E-state index contributed by atoms with van der Waals surface area (Å²) in [6.45, 7) is 1.56. The van der Waals surface area contributed by atoms with Crippen molar-refractivity contribution in [3.8, 4) is 0 Å². The van der Waals surface area contributed by atoms with Crippen LogP contribution in [0.3, 0.4) is 0 Å². The van der Waals surface area contributed by atoms with Gasteiger partial charge < -0.3 is 4.90 Å². The minimum absolute atomic E-state index is 0.0520. The molecule has 0 spiro atoms. The van der Waals surface area contributed by atoms with Crippen LogP contribution in [-0.2, 0) is 10.0 Å². The van der Waals surface area contributed by atoms with Crippen LogP contribution in [0.1, 0.15) is 10.4 Å². The number of carbonyl (C=O) groups is 1. The number of amides is 1. The highest BCUT2D eigenvalue weighted by molar-refractivity contribution is 14.1. The Kier molecular flexibility index (Phi) is 5.09. The van der Waals surface area contributed by atoms with Crippen molar-refractivity contribution in [2.75, 3.05) is 32.4 Å². The average Bonchev–Trinajstić information content (AvgIpc) is 2.40. The van der Waals surface area contributed by atoms with E-state index in [4.69, 9.17) is 0 Å². The molecule has 1 fully saturated rings. The molecule has 1 saturated heterocycles. The molecule has 1 aliphatic rings. The van der Waals surface area contributed by atoms with Crippen LogP contribution in [-0.4, -0.2) is 56.0 Å². The average molecular weight is 473 g/mol. The van der Waals surface area contributed by atoms with Crippen molar-refractivity contribution >= 4 is 54.5 Å². The van der Waals surface area contributed by atoms with E-state index >= 15 is 0 Å². The first-order chi connectivity index (χ1) is 9.29. The molecule has 0 radical (unpaired) electrons. The summed E-state index contributed by atoms with van der Waals surface area (Å²) in [5, 5.41) is 0. The zero-order chi connectivity index (χ0) is 14.9. The summed E-state index contributed by atoms with van der Waals surface area (Å²) in [6.07, 6.45) is 1.20. The molecule has 0 atom stereocenters. The molecule has 0 N–H and O–H groups in total. The van der Waals surface area contributed by atoms with Gasteiger partial charge in [-0.1, -0.05) is 15.9 Å². The zero-order valence-corrected chi connectivity index (χ0v) is 15.4. The van der Waals surface area contributed by atoms with Crippen molar-refractivity contribution in [2.24, 2.45) is 0 Å². The number of carbonyl (C=O) groups excluding carboxylic acids is 1. The first-order valence-electron chi connectivity index (χ1n) is 5.98. The van der Waals surface area contributed by atoms with Gasteiger partial charge in [0.15, 0.2) is 0 Å². The summed E-state index contributed by atoms with van der Waals surface area (Å²) in [5.74, 6) is -0.0520. The van der Waals surface area contributed by atoms with Crippen LogP contribution in [0.15, 0.2) is 22.7 Å². The number of sulfonamides is 1. The summed E-state index contributed by atoms with van der Waals surface area (Å²) >= 11 is 5.49. The summed E-state index contributed by atoms with van der Waals surface area (Å²) < 4.78 is 26.0. The molecule has 1 amide bonds. The third-order valence-electron chi connectivity index (χ3n) is 3.15. The van der Waals surface area contributed by atoms with Gasteiger partial charge in [0.05, 0.1) is 11.8 Å². The van der Waals surface area contributed by atoms with Crippen molar-refractivity contribution in [1.82, 2.24) is 9.21 Å². The minimum atomic E-state index is -3.17. The number of hydrogen-bond acceptors (Lipinski definition) is 3. The van der Waals surface area contributed by atoms with E-state index in [1.54, 1.807) is 11.0 Å². The summed E-state index contributed by atoms with van der Waals surface area (Å²) in [7, 11) is -3.17. The van der Waals surface area contributed by atoms with E-state index in [0.29, 0.717) is 31.7 Å². The van der Waals surface area contributed by atoms with E-state index in [2.05, 4.69) is 38.5 Å². The predicted octanol–water partition coefficient (Wildman–Crippen LogP) is 1.77. The largest absolute Gasteiger partial charge is 0.336 e. The van der Waals surface area contributed by atoms with E-state index in [9.17, 15) is 13.2 Å². The maximum absolute atomic E-state index is 12.5. The summed E-state index contributed by atoms with van der Waals surface area (Å²) in [6, 6.07) is 5.57. The molecule has 2 rings (SSSR count). The van der Waals surface area contributed by atoms with E-state index in [1.165, 1.54) is 10.6 Å². The Hall–Kier alpha value is -0.190. The van der Waals surface area contributed by atoms with Crippen molar-refractivity contribution in [1.29, 1.82) is 0 Å². The summed E-state index contributed by atoms with van der Waals surface area (Å²) in [4.78, 5) is 14.2. The molecule has 0 aliphatic carbocycles. The monoisotopic (exact) mass is 472 g/mol. The Morgan fingerprint density at radius 2 is 1.85 bits per heavy atom. The molecular weight excluding hydrogens is 459 g/mol. The molecule has 0 unspecified atom stereocenters. The van der Waals surface area contributed by atoms with E-state index in [1.807, 2.05) is 12.1 Å². The number of nitrogens with zero attached hydrogens (tertiary/aromatic N) is 2. The number of hydrogen-bond donors (Lipinski definition) is 0. The second kappa shape index (κ2) is 6.29. The lowest BCUT2D eigenvalue weighted by Gasteiger charge is -2.33. The quantitative estimate of drug-likeness (QED) is 0.616. The fourth-order valence-electron chi connectivity index (χ4n) is 2.05. The highest BCUT2D eigenvalue weighted by atomic mass is 127. The van der Waals surface area contributed by atoms with Crippen LogP contribution >= 0.6 is 38.5 Å². The fourth-order valence-corrected chi connectivity index (χ4v) is 3.81. The standard InChI is InChI=1S/C12H14BrIN2O3S/c1-20(18,19)16-6-4-15(5-7-16)12(17)10-8-9(13)2-3-11(10)14/h2-3,8H,4-7H2,1H3. The third kappa shape index (κ3) is 3.71. The molecule has 5 nitrogen and oxygen atoms in total. The van der Waals surface area contributed by atoms with Gasteiger partial charge in [-0.05, 0) is 40.8 Å². The topological polar surface area (TPSA) is 57.7 Å². The number of benzene rings is 1. The Morgan fingerprint density at radius 1 is 1.25 bits per heavy atom. The third-order valence-corrected chi connectivity index (χ3v) is 5.89. The van der Waals surface area contributed by atoms with Crippen molar-refractivity contribution in [3.05, 3.63) is 31.8 Å². The molecule has 8 heteroatoms. The first kappa shape index (κ1) is 16.2. The number of halogens is 2. The lowest BCUT2D eigenvalue weighted by atomic mass is 10.2. The van der Waals surface area contributed by atoms with Gasteiger partial charge in [0.25, 0.3) is 5.91 Å². The van der Waals surface area contributed by atoms with Crippen LogP contribution in [0, 0.1) is 3.57 Å². The van der Waals surface area contributed by atoms with Crippen LogP contribution in [0.25, 0.3) is 0 Å². The van der Waals surface area contributed by atoms with Crippen LogP contribution in [0.2, 0.25) is 0 Å². The molecule has 110 valence electrons. The number of rotatable bonds is 2. The van der Waals surface area contributed by atoms with E-state index in [-0.39, 0.29) is 5.91 Å². The van der Waals surface area contributed by atoms with Crippen LogP contribution in [0.5, 0.6) is 0 Å². The highest BCUT2D eigenvalue weighted by Gasteiger charge is 2.27. The van der Waals surface area contributed by atoms with Gasteiger partial charge in [-0.15, -0.1) is 0 Å². The lowest BCUT2D eigenvalue weighted by molar-refractivity contribution is 0.0697. The van der Waals surface area contributed by atoms with E-state index < -0.39 is 10.0 Å². The van der Waals surface area contributed by atoms with Crippen LogP contribution < -0.4 is 0 Å². The van der Waals surface area contributed by atoms with Gasteiger partial charge in [0.1, 0.15) is 0 Å². The van der Waals surface area contributed by atoms with Gasteiger partial charge in [0, 0.05) is 34.2 Å². The van der Waals surface area contributed by atoms with Gasteiger partial charge in [-0.3, -0.25) is 4.79 Å². The Morgan fingerprint density at radius 3 is 2.40 bits per heavy atom. The Bertz CT molecular complexity index is 628. The highest BCUT2D eigenvalue weighted by Crippen LogP contribution is 2.21. The van der Waals surface area contributed by atoms with Gasteiger partial charge in [0.2, 0.25) is 10.0 Å². The smallest absolute Gasteiger partial charge is 0.255 e. The van der Waals surface area contributed by atoms with E-state index in [0.717, 1.165) is 8.04 Å². The first-order valence-corrected chi connectivity index (χ1v) is 9.70. The molecule has 1 aliphatic heterocycles.